The fraction of sp³-hybridized carbons (Fsp3) is 0.333. The van der Waals surface area contributed by atoms with Crippen molar-refractivity contribution in [3.05, 3.63) is 69.2 Å². The van der Waals surface area contributed by atoms with Gasteiger partial charge in [-0.3, -0.25) is 4.90 Å². The third kappa shape index (κ3) is 4.17. The summed E-state index contributed by atoms with van der Waals surface area (Å²) >= 11 is 3.49. The number of aliphatic hydroxyl groups is 2. The van der Waals surface area contributed by atoms with E-state index in [9.17, 15) is 5.11 Å². The molecule has 0 radical (unpaired) electrons. The van der Waals surface area contributed by atoms with Crippen LogP contribution >= 0.6 is 15.9 Å². The summed E-state index contributed by atoms with van der Waals surface area (Å²) in [5, 5.41) is 19.9. The Kier molecular flexibility index (Phi) is 6.15. The first-order valence-corrected chi connectivity index (χ1v) is 8.13. The average Bonchev–Trinajstić information content (AvgIpc) is 2.49. The number of halogens is 1. The number of likely N-dealkylation sites (N-methyl/N-ethyl adjacent to an activating group) is 1. The number of hydrogen-bond donors (Lipinski definition) is 2. The molecule has 0 aromatic heterocycles. The Labute approximate surface area is 140 Å². The Morgan fingerprint density at radius 1 is 1.14 bits per heavy atom. The second-order valence-electron chi connectivity index (χ2n) is 5.56. The van der Waals surface area contributed by atoms with Gasteiger partial charge in [-0.05, 0) is 48.4 Å². The summed E-state index contributed by atoms with van der Waals surface area (Å²) in [5.74, 6) is 0. The summed E-state index contributed by atoms with van der Waals surface area (Å²) in [7, 11) is 1.96. The number of nitrogens with zero attached hydrogens (tertiary/aromatic N) is 1. The lowest BCUT2D eigenvalue weighted by Gasteiger charge is -2.22. The molecule has 118 valence electrons. The van der Waals surface area contributed by atoms with Crippen molar-refractivity contribution in [2.24, 2.45) is 0 Å². The molecule has 2 N–H and O–H groups in total. The Balaban J connectivity index is 2.36. The van der Waals surface area contributed by atoms with Crippen LogP contribution in [0.3, 0.4) is 0 Å². The molecule has 0 saturated carbocycles. The third-order valence-electron chi connectivity index (χ3n) is 3.81. The number of aryl methyl sites for hydroxylation is 1. The molecule has 22 heavy (non-hydrogen) atoms. The van der Waals surface area contributed by atoms with E-state index in [1.165, 1.54) is 0 Å². The van der Waals surface area contributed by atoms with Gasteiger partial charge in [0.05, 0.1) is 6.61 Å². The van der Waals surface area contributed by atoms with Gasteiger partial charge in [0.15, 0.2) is 0 Å². The minimum Gasteiger partial charge on any atom is -0.395 e. The first-order chi connectivity index (χ1) is 10.5. The van der Waals surface area contributed by atoms with Crippen molar-refractivity contribution in [1.82, 2.24) is 4.90 Å². The zero-order valence-corrected chi connectivity index (χ0v) is 14.5. The molecule has 2 aromatic carbocycles. The van der Waals surface area contributed by atoms with E-state index in [0.29, 0.717) is 13.1 Å². The molecule has 0 heterocycles. The molecular weight excluding hydrogens is 342 g/mol. The summed E-state index contributed by atoms with van der Waals surface area (Å²) in [6.07, 6.45) is -0.656. The number of rotatable bonds is 6. The lowest BCUT2D eigenvalue weighted by Crippen LogP contribution is -2.22. The van der Waals surface area contributed by atoms with Gasteiger partial charge in [0.25, 0.3) is 0 Å². The predicted molar refractivity (Wildman–Crippen MR) is 92.8 cm³/mol. The highest BCUT2D eigenvalue weighted by Gasteiger charge is 2.17. The lowest BCUT2D eigenvalue weighted by atomic mass is 9.94. The molecule has 2 aromatic rings. The minimum atomic E-state index is -0.656. The lowest BCUT2D eigenvalue weighted by molar-refractivity contribution is 0.206. The summed E-state index contributed by atoms with van der Waals surface area (Å²) in [6, 6.07) is 13.9. The predicted octanol–water partition coefficient (Wildman–Crippen LogP) is 3.26. The molecule has 0 aliphatic heterocycles. The molecule has 1 unspecified atom stereocenters. The summed E-state index contributed by atoms with van der Waals surface area (Å²) < 4.78 is 0.948. The first kappa shape index (κ1) is 17.2. The van der Waals surface area contributed by atoms with E-state index >= 15 is 0 Å². The molecule has 0 fully saturated rings. The zero-order chi connectivity index (χ0) is 16.1. The monoisotopic (exact) mass is 363 g/mol. The average molecular weight is 364 g/mol. The highest BCUT2D eigenvalue weighted by atomic mass is 79.9. The molecule has 0 bridgehead atoms. The molecule has 4 heteroatoms. The van der Waals surface area contributed by atoms with Gasteiger partial charge in [0.1, 0.15) is 6.10 Å². The van der Waals surface area contributed by atoms with Crippen LogP contribution in [0.25, 0.3) is 0 Å². The van der Waals surface area contributed by atoms with Crippen LogP contribution in [0.15, 0.2) is 46.9 Å². The maximum atomic E-state index is 10.8. The van der Waals surface area contributed by atoms with E-state index in [-0.39, 0.29) is 6.61 Å². The van der Waals surface area contributed by atoms with Crippen molar-refractivity contribution < 1.29 is 10.2 Å². The normalized spacial score (nSPS) is 12.6. The van der Waals surface area contributed by atoms with Gasteiger partial charge in [-0.2, -0.15) is 0 Å². The molecule has 0 aliphatic rings. The summed E-state index contributed by atoms with van der Waals surface area (Å²) in [6.45, 7) is 3.43. The number of benzene rings is 2. The van der Waals surface area contributed by atoms with Gasteiger partial charge in [-0.25, -0.2) is 0 Å². The summed E-state index contributed by atoms with van der Waals surface area (Å²) in [4.78, 5) is 2.04. The van der Waals surface area contributed by atoms with Gasteiger partial charge in [-0.15, -0.1) is 0 Å². The van der Waals surface area contributed by atoms with Gasteiger partial charge in [-0.1, -0.05) is 46.3 Å². The third-order valence-corrected chi connectivity index (χ3v) is 4.30. The first-order valence-electron chi connectivity index (χ1n) is 7.34. The maximum absolute atomic E-state index is 10.8. The largest absolute Gasteiger partial charge is 0.395 e. The molecule has 0 amide bonds. The van der Waals surface area contributed by atoms with Crippen molar-refractivity contribution >= 4 is 15.9 Å². The van der Waals surface area contributed by atoms with Crippen LogP contribution in [0.2, 0.25) is 0 Å². The molecule has 0 aliphatic carbocycles. The molecule has 2 rings (SSSR count). The quantitative estimate of drug-likeness (QED) is 0.827. The minimum absolute atomic E-state index is 0.128. The van der Waals surface area contributed by atoms with Crippen LogP contribution in [0.5, 0.6) is 0 Å². The van der Waals surface area contributed by atoms with E-state index in [0.717, 1.165) is 26.7 Å². The molecule has 0 saturated heterocycles. The second kappa shape index (κ2) is 7.88. The van der Waals surface area contributed by atoms with Crippen molar-refractivity contribution in [2.75, 3.05) is 20.2 Å². The fourth-order valence-corrected chi connectivity index (χ4v) is 2.94. The van der Waals surface area contributed by atoms with E-state index in [2.05, 4.69) is 15.9 Å². The van der Waals surface area contributed by atoms with Gasteiger partial charge < -0.3 is 10.2 Å². The van der Waals surface area contributed by atoms with Crippen LogP contribution < -0.4 is 0 Å². The van der Waals surface area contributed by atoms with Crippen LogP contribution in [0, 0.1) is 6.92 Å². The topological polar surface area (TPSA) is 43.7 Å². The standard InChI is InChI=1S/C18H22BrNO2/c1-13-5-3-4-6-16(13)18(22)17-11-15(19)8-7-14(17)12-20(2)9-10-21/h3-8,11,18,21-22H,9-10,12H2,1-2H3. The van der Waals surface area contributed by atoms with E-state index < -0.39 is 6.10 Å². The van der Waals surface area contributed by atoms with Crippen LogP contribution in [0.1, 0.15) is 28.4 Å². The zero-order valence-electron chi connectivity index (χ0n) is 13.0. The Hall–Kier alpha value is -1.20. The Morgan fingerprint density at radius 2 is 1.86 bits per heavy atom. The highest BCUT2D eigenvalue weighted by Crippen LogP contribution is 2.30. The molecule has 0 spiro atoms. The van der Waals surface area contributed by atoms with Crippen molar-refractivity contribution in [3.63, 3.8) is 0 Å². The molecule has 1 atom stereocenters. The summed E-state index contributed by atoms with van der Waals surface area (Å²) in [5.41, 5.74) is 3.96. The van der Waals surface area contributed by atoms with Gasteiger partial charge in [0, 0.05) is 17.6 Å². The number of aliphatic hydroxyl groups excluding tert-OH is 2. The fourth-order valence-electron chi connectivity index (χ4n) is 2.57. The van der Waals surface area contributed by atoms with Gasteiger partial charge >= 0.3 is 0 Å². The van der Waals surface area contributed by atoms with Crippen molar-refractivity contribution in [1.29, 1.82) is 0 Å². The maximum Gasteiger partial charge on any atom is 0.105 e. The molecule has 3 nitrogen and oxygen atoms in total. The Morgan fingerprint density at radius 3 is 2.55 bits per heavy atom. The SMILES string of the molecule is Cc1ccccc1C(O)c1cc(Br)ccc1CN(C)CCO. The smallest absolute Gasteiger partial charge is 0.105 e. The van der Waals surface area contributed by atoms with E-state index in [1.807, 2.05) is 61.3 Å². The molecular formula is C18H22BrNO2. The second-order valence-corrected chi connectivity index (χ2v) is 6.48. The van der Waals surface area contributed by atoms with Crippen LogP contribution in [0.4, 0.5) is 0 Å². The highest BCUT2D eigenvalue weighted by molar-refractivity contribution is 9.10. The number of hydrogen-bond acceptors (Lipinski definition) is 3. The van der Waals surface area contributed by atoms with Crippen LogP contribution in [-0.2, 0) is 6.54 Å². The van der Waals surface area contributed by atoms with E-state index in [4.69, 9.17) is 5.11 Å². The Bertz CT molecular complexity index is 630. The van der Waals surface area contributed by atoms with E-state index in [1.54, 1.807) is 0 Å². The van der Waals surface area contributed by atoms with Gasteiger partial charge in [0.2, 0.25) is 0 Å². The van der Waals surface area contributed by atoms with Crippen LogP contribution in [-0.4, -0.2) is 35.3 Å². The van der Waals surface area contributed by atoms with Crippen molar-refractivity contribution in [3.8, 4) is 0 Å². The van der Waals surface area contributed by atoms with Crippen molar-refractivity contribution in [2.45, 2.75) is 19.6 Å².